The third-order valence-electron chi connectivity index (χ3n) is 5.12. The van der Waals surface area contributed by atoms with Gasteiger partial charge in [0.05, 0.1) is 6.54 Å². The second-order valence-electron chi connectivity index (χ2n) is 6.88. The second kappa shape index (κ2) is 7.63. The number of hydrogen-bond acceptors (Lipinski definition) is 7. The van der Waals surface area contributed by atoms with Crippen molar-refractivity contribution in [2.45, 2.75) is 13.3 Å². The van der Waals surface area contributed by atoms with Crippen molar-refractivity contribution in [1.29, 1.82) is 0 Å². The third kappa shape index (κ3) is 3.66. The molecule has 1 fully saturated rings. The van der Waals surface area contributed by atoms with Gasteiger partial charge in [0.2, 0.25) is 0 Å². The van der Waals surface area contributed by atoms with Gasteiger partial charge >= 0.3 is 0 Å². The number of hydrazine groups is 2. The molecule has 27 heavy (non-hydrogen) atoms. The summed E-state index contributed by atoms with van der Waals surface area (Å²) in [7, 11) is 0. The van der Waals surface area contributed by atoms with Gasteiger partial charge in [0.15, 0.2) is 5.83 Å². The Morgan fingerprint density at radius 1 is 1.48 bits per heavy atom. The number of nitrogens with zero attached hydrogens (tertiary/aromatic N) is 4. The minimum absolute atomic E-state index is 0.0286. The van der Waals surface area contributed by atoms with E-state index in [2.05, 4.69) is 30.6 Å². The Morgan fingerprint density at radius 3 is 3.22 bits per heavy atom. The zero-order valence-corrected chi connectivity index (χ0v) is 15.4. The molecule has 144 valence electrons. The Kier molecular flexibility index (Phi) is 5.06. The van der Waals surface area contributed by atoms with Crippen LogP contribution in [0.2, 0.25) is 0 Å². The molecule has 8 nitrogen and oxygen atoms in total. The summed E-state index contributed by atoms with van der Waals surface area (Å²) in [4.78, 5) is 11.7. The van der Waals surface area contributed by atoms with Gasteiger partial charge in [-0.3, -0.25) is 10.8 Å². The summed E-state index contributed by atoms with van der Waals surface area (Å²) in [6.45, 7) is 5.33. The molecular formula is C18H25FN8. The highest BCUT2D eigenvalue weighted by Crippen LogP contribution is 2.20. The maximum atomic E-state index is 14.3. The topological polar surface area (TPSA) is 97.6 Å². The Hall–Kier alpha value is -2.49. The highest BCUT2D eigenvalue weighted by molar-refractivity contribution is 6.09. The Morgan fingerprint density at radius 2 is 2.37 bits per heavy atom. The number of aromatic amines is 1. The van der Waals surface area contributed by atoms with E-state index in [0.717, 1.165) is 42.7 Å². The molecule has 0 amide bonds. The van der Waals surface area contributed by atoms with Gasteiger partial charge in [-0.25, -0.2) is 14.4 Å². The number of hydrogen-bond donors (Lipinski definition) is 4. The van der Waals surface area contributed by atoms with E-state index in [4.69, 9.17) is 5.84 Å². The fourth-order valence-corrected chi connectivity index (χ4v) is 3.56. The van der Waals surface area contributed by atoms with Crippen LogP contribution in [0.3, 0.4) is 0 Å². The number of pyridine rings is 1. The van der Waals surface area contributed by atoms with Crippen molar-refractivity contribution in [3.05, 3.63) is 41.7 Å². The molecule has 0 radical (unpaired) electrons. The van der Waals surface area contributed by atoms with Crippen molar-refractivity contribution in [2.75, 3.05) is 32.7 Å². The van der Waals surface area contributed by atoms with Crippen molar-refractivity contribution in [3.63, 3.8) is 0 Å². The first-order valence-electron chi connectivity index (χ1n) is 9.29. The fraction of sp³-hybridized carbons (Fsp3) is 0.444. The summed E-state index contributed by atoms with van der Waals surface area (Å²) in [5, 5.41) is 11.2. The monoisotopic (exact) mass is 372 g/mol. The zero-order chi connectivity index (χ0) is 18.8. The summed E-state index contributed by atoms with van der Waals surface area (Å²) in [5.41, 5.74) is 1.67. The number of halogens is 1. The van der Waals surface area contributed by atoms with E-state index in [1.54, 1.807) is 11.3 Å². The molecule has 1 atom stereocenters. The average molecular weight is 372 g/mol. The van der Waals surface area contributed by atoms with Crippen molar-refractivity contribution in [3.8, 4) is 0 Å². The minimum atomic E-state index is -0.277. The molecule has 0 unspecified atom stereocenters. The van der Waals surface area contributed by atoms with E-state index >= 15 is 0 Å². The molecule has 2 aliphatic heterocycles. The van der Waals surface area contributed by atoms with Crippen LogP contribution >= 0.6 is 0 Å². The van der Waals surface area contributed by atoms with E-state index < -0.39 is 0 Å². The number of nitrogens with two attached hydrogens (primary N) is 1. The van der Waals surface area contributed by atoms with Crippen LogP contribution in [0.15, 0.2) is 41.2 Å². The van der Waals surface area contributed by atoms with Gasteiger partial charge in [0.1, 0.15) is 17.3 Å². The van der Waals surface area contributed by atoms with Crippen LogP contribution in [0, 0.1) is 5.92 Å². The number of rotatable bonds is 6. The molecule has 4 heterocycles. The molecule has 1 saturated heterocycles. The molecule has 2 aromatic rings. The molecular weight excluding hydrogens is 347 g/mol. The van der Waals surface area contributed by atoms with Crippen LogP contribution in [0.25, 0.3) is 11.0 Å². The van der Waals surface area contributed by atoms with Gasteiger partial charge in [-0.05, 0) is 31.4 Å². The standard InChI is InChI=1S/C18H25FN8/c1-2-27(20)26-7-5-12(11-26)8-22-18-15(19)10-24-17(25-18)14-9-23-16-13(14)4-3-6-21-16/h3-4,6,9,12,22H,2,5,7-8,10-11,20H2,1H3,(H,21,23)(H,24,25)/t12-/m1/s1. The maximum Gasteiger partial charge on any atom is 0.162 e. The summed E-state index contributed by atoms with van der Waals surface area (Å²) in [5.74, 6) is 7.14. The third-order valence-corrected chi connectivity index (χ3v) is 5.12. The average Bonchev–Trinajstić information content (AvgIpc) is 3.34. The zero-order valence-electron chi connectivity index (χ0n) is 15.4. The predicted octanol–water partition coefficient (Wildman–Crippen LogP) is 1.07. The lowest BCUT2D eigenvalue weighted by molar-refractivity contribution is -0.00263. The smallest absolute Gasteiger partial charge is 0.162 e. The van der Waals surface area contributed by atoms with Gasteiger partial charge in [0.25, 0.3) is 0 Å². The number of nitrogens with one attached hydrogen (secondary N) is 3. The lowest BCUT2D eigenvalue weighted by atomic mass is 10.1. The quantitative estimate of drug-likeness (QED) is 0.447. The Balaban J connectivity index is 1.39. The molecule has 0 aliphatic carbocycles. The van der Waals surface area contributed by atoms with Crippen LogP contribution in [0.1, 0.15) is 18.9 Å². The lowest BCUT2D eigenvalue weighted by Crippen LogP contribution is -2.46. The molecule has 4 rings (SSSR count). The molecule has 0 aromatic carbocycles. The molecule has 5 N–H and O–H groups in total. The first-order chi connectivity index (χ1) is 13.2. The molecule has 2 aromatic heterocycles. The first kappa shape index (κ1) is 17.9. The van der Waals surface area contributed by atoms with Crippen LogP contribution in [0.4, 0.5) is 4.39 Å². The largest absolute Gasteiger partial charge is 0.369 e. The van der Waals surface area contributed by atoms with Gasteiger partial charge < -0.3 is 15.6 Å². The molecule has 0 saturated carbocycles. The van der Waals surface area contributed by atoms with Crippen molar-refractivity contribution in [1.82, 2.24) is 30.7 Å². The number of aromatic nitrogens is 2. The summed E-state index contributed by atoms with van der Waals surface area (Å²) >= 11 is 0. The van der Waals surface area contributed by atoms with Crippen molar-refractivity contribution in [2.24, 2.45) is 16.8 Å². The van der Waals surface area contributed by atoms with E-state index in [1.165, 1.54) is 0 Å². The Labute approximate surface area is 157 Å². The first-order valence-corrected chi connectivity index (χ1v) is 9.29. The Bertz CT molecular complexity index is 873. The number of amidine groups is 1. The van der Waals surface area contributed by atoms with Crippen LogP contribution < -0.4 is 16.5 Å². The highest BCUT2D eigenvalue weighted by atomic mass is 19.1. The van der Waals surface area contributed by atoms with Crippen LogP contribution in [-0.4, -0.2) is 58.7 Å². The van der Waals surface area contributed by atoms with Gasteiger partial charge in [-0.15, -0.1) is 0 Å². The lowest BCUT2D eigenvalue weighted by Gasteiger charge is -2.26. The summed E-state index contributed by atoms with van der Waals surface area (Å²) < 4.78 is 14.3. The predicted molar refractivity (Wildman–Crippen MR) is 103 cm³/mol. The summed E-state index contributed by atoms with van der Waals surface area (Å²) in [6.07, 6.45) is 4.61. The van der Waals surface area contributed by atoms with E-state index in [-0.39, 0.29) is 12.4 Å². The normalized spacial score (nSPS) is 21.0. The minimum Gasteiger partial charge on any atom is -0.369 e. The number of H-pyrrole nitrogens is 1. The van der Waals surface area contributed by atoms with Crippen molar-refractivity contribution < 1.29 is 4.39 Å². The maximum absolute atomic E-state index is 14.3. The van der Waals surface area contributed by atoms with Crippen LogP contribution in [-0.2, 0) is 0 Å². The molecule has 2 aliphatic rings. The molecule has 0 bridgehead atoms. The number of aliphatic imine (C=N–C) groups is 1. The van der Waals surface area contributed by atoms with Gasteiger partial charge in [-0.2, -0.15) is 5.12 Å². The molecule has 0 spiro atoms. The number of fused-ring (bicyclic) bond motifs is 1. The van der Waals surface area contributed by atoms with E-state index in [0.29, 0.717) is 24.1 Å². The van der Waals surface area contributed by atoms with Crippen LogP contribution in [0.5, 0.6) is 0 Å². The van der Waals surface area contributed by atoms with Gasteiger partial charge in [0, 0.05) is 49.5 Å². The SMILES string of the molecule is CCN(N)N1CC[C@H](CNC2=C(F)CN=C(c3c[nH]c4ncccc34)N2)C1. The van der Waals surface area contributed by atoms with Crippen molar-refractivity contribution >= 4 is 16.9 Å². The summed E-state index contributed by atoms with van der Waals surface area (Å²) in [6, 6.07) is 3.85. The van der Waals surface area contributed by atoms with Gasteiger partial charge in [-0.1, -0.05) is 0 Å². The van der Waals surface area contributed by atoms with E-state index in [9.17, 15) is 4.39 Å². The molecule has 9 heteroatoms. The fourth-order valence-electron chi connectivity index (χ4n) is 3.56. The van der Waals surface area contributed by atoms with E-state index in [1.807, 2.05) is 25.3 Å². The highest BCUT2D eigenvalue weighted by Gasteiger charge is 2.26. The second-order valence-corrected chi connectivity index (χ2v) is 6.88.